The van der Waals surface area contributed by atoms with Crippen LogP contribution in [0.3, 0.4) is 0 Å². The molecule has 7 nitrogen and oxygen atoms in total. The first kappa shape index (κ1) is 22.0. The zero-order valence-electron chi connectivity index (χ0n) is 16.1. The highest BCUT2D eigenvalue weighted by atomic mass is 32.1. The third kappa shape index (κ3) is 5.28. The summed E-state index contributed by atoms with van der Waals surface area (Å²) in [6, 6.07) is 4.96. The molecular formula is C19H21F3N4O3S. The van der Waals surface area contributed by atoms with Gasteiger partial charge in [0.25, 0.3) is 5.91 Å². The number of benzene rings is 1. The molecule has 2 aromatic rings. The normalized spacial score (nSPS) is 15.7. The molecular weight excluding hydrogens is 421 g/mol. The average Bonchev–Trinajstić information content (AvgIpc) is 3.09. The van der Waals surface area contributed by atoms with Gasteiger partial charge in [0.2, 0.25) is 0 Å². The van der Waals surface area contributed by atoms with Crippen molar-refractivity contribution in [1.29, 1.82) is 0 Å². The fourth-order valence-corrected chi connectivity index (χ4v) is 4.43. The number of alkyl halides is 3. The Morgan fingerprint density at radius 3 is 2.57 bits per heavy atom. The van der Waals surface area contributed by atoms with Crippen molar-refractivity contribution in [3.05, 3.63) is 46.1 Å². The second-order valence-electron chi connectivity index (χ2n) is 7.08. The quantitative estimate of drug-likeness (QED) is 0.651. The van der Waals surface area contributed by atoms with Crippen LogP contribution in [0.15, 0.2) is 24.3 Å². The highest BCUT2D eigenvalue weighted by molar-refractivity contribution is 7.16. The van der Waals surface area contributed by atoms with Crippen LogP contribution >= 0.6 is 11.3 Å². The van der Waals surface area contributed by atoms with E-state index in [1.807, 2.05) is 7.05 Å². The summed E-state index contributed by atoms with van der Waals surface area (Å²) in [4.78, 5) is 30.3. The largest absolute Gasteiger partial charge is 0.465 e. The minimum atomic E-state index is -4.54. The fraction of sp³-hybridized carbons (Fsp3) is 0.421. The Morgan fingerprint density at radius 1 is 1.27 bits per heavy atom. The van der Waals surface area contributed by atoms with Crippen LogP contribution in [0.25, 0.3) is 0 Å². The second-order valence-corrected chi connectivity index (χ2v) is 8.11. The van der Waals surface area contributed by atoms with Gasteiger partial charge >= 0.3 is 12.3 Å². The number of hydrogen-bond donors (Lipinski definition) is 3. The molecule has 162 valence electrons. The van der Waals surface area contributed by atoms with E-state index in [4.69, 9.17) is 5.11 Å². The summed E-state index contributed by atoms with van der Waals surface area (Å²) in [5.41, 5.74) is -1.04. The van der Waals surface area contributed by atoms with E-state index in [1.165, 1.54) is 18.2 Å². The molecule has 0 aliphatic carbocycles. The Bertz CT molecular complexity index is 924. The standard InChI is InChI=1S/C19H21F3N4O3S/c1-26-8-6-11(7-9-26)16-24-14(17(30-16)25-18(28)29)15(27)23-10-12-4-2-3-5-13(12)19(20,21)22/h2-5,11,25H,6-10H2,1H3,(H,23,27)(H,28,29). The number of carboxylic acid groups (broad SMARTS) is 1. The SMILES string of the molecule is CN1CCC(c2nc(C(=O)NCc3ccccc3C(F)(F)F)c(NC(=O)O)s2)CC1. The topological polar surface area (TPSA) is 94.6 Å². The summed E-state index contributed by atoms with van der Waals surface area (Å²) in [6.07, 6.45) is -4.23. The lowest BCUT2D eigenvalue weighted by Gasteiger charge is -2.27. The van der Waals surface area contributed by atoms with E-state index < -0.39 is 23.7 Å². The van der Waals surface area contributed by atoms with Crippen LogP contribution in [0.5, 0.6) is 0 Å². The van der Waals surface area contributed by atoms with Crippen molar-refractivity contribution >= 4 is 28.3 Å². The summed E-state index contributed by atoms with van der Waals surface area (Å²) in [7, 11) is 2.01. The molecule has 30 heavy (non-hydrogen) atoms. The van der Waals surface area contributed by atoms with E-state index in [-0.39, 0.29) is 28.7 Å². The van der Waals surface area contributed by atoms with Crippen LogP contribution in [0, 0.1) is 0 Å². The van der Waals surface area contributed by atoms with Crippen LogP contribution in [0.2, 0.25) is 0 Å². The van der Waals surface area contributed by atoms with Crippen LogP contribution in [-0.2, 0) is 12.7 Å². The van der Waals surface area contributed by atoms with Crippen molar-refractivity contribution in [2.24, 2.45) is 0 Å². The highest BCUT2D eigenvalue weighted by Crippen LogP contribution is 2.35. The molecule has 3 rings (SSSR count). The number of aromatic nitrogens is 1. The second kappa shape index (κ2) is 9.00. The molecule has 1 aromatic carbocycles. The van der Waals surface area contributed by atoms with Gasteiger partial charge < -0.3 is 15.3 Å². The Balaban J connectivity index is 1.79. The van der Waals surface area contributed by atoms with Crippen molar-refractivity contribution in [3.63, 3.8) is 0 Å². The lowest BCUT2D eigenvalue weighted by Crippen LogP contribution is -2.29. The van der Waals surface area contributed by atoms with Gasteiger partial charge in [-0.05, 0) is 44.6 Å². The van der Waals surface area contributed by atoms with Crippen molar-refractivity contribution in [3.8, 4) is 0 Å². The molecule has 1 saturated heterocycles. The number of amides is 2. The molecule has 1 aromatic heterocycles. The fourth-order valence-electron chi connectivity index (χ4n) is 3.31. The lowest BCUT2D eigenvalue weighted by molar-refractivity contribution is -0.138. The van der Waals surface area contributed by atoms with Crippen LogP contribution in [-0.4, -0.2) is 47.1 Å². The van der Waals surface area contributed by atoms with Crippen molar-refractivity contribution in [1.82, 2.24) is 15.2 Å². The minimum absolute atomic E-state index is 0.0676. The van der Waals surface area contributed by atoms with E-state index in [1.54, 1.807) is 0 Å². The molecule has 0 radical (unpaired) electrons. The average molecular weight is 442 g/mol. The van der Waals surface area contributed by atoms with Gasteiger partial charge in [-0.3, -0.25) is 10.1 Å². The molecule has 0 atom stereocenters. The van der Waals surface area contributed by atoms with Crippen molar-refractivity contribution < 1.29 is 27.9 Å². The zero-order valence-corrected chi connectivity index (χ0v) is 16.9. The highest BCUT2D eigenvalue weighted by Gasteiger charge is 2.33. The smallest absolute Gasteiger partial charge is 0.416 e. The predicted molar refractivity (Wildman–Crippen MR) is 106 cm³/mol. The third-order valence-corrected chi connectivity index (χ3v) is 6.04. The van der Waals surface area contributed by atoms with E-state index in [0.29, 0.717) is 5.01 Å². The first-order chi connectivity index (χ1) is 14.1. The number of nitrogens with one attached hydrogen (secondary N) is 2. The Morgan fingerprint density at radius 2 is 1.93 bits per heavy atom. The molecule has 0 spiro atoms. The first-order valence-corrected chi connectivity index (χ1v) is 10.1. The molecule has 2 amide bonds. The van der Waals surface area contributed by atoms with Gasteiger partial charge in [-0.25, -0.2) is 9.78 Å². The number of piperidine rings is 1. The molecule has 0 unspecified atom stereocenters. The third-order valence-electron chi connectivity index (χ3n) is 4.91. The van der Waals surface area contributed by atoms with Gasteiger partial charge in [-0.15, -0.1) is 11.3 Å². The van der Waals surface area contributed by atoms with E-state index in [2.05, 4.69) is 20.5 Å². The number of likely N-dealkylation sites (tertiary alicyclic amines) is 1. The number of thiazole rings is 1. The number of carbonyl (C=O) groups excluding carboxylic acids is 1. The molecule has 3 N–H and O–H groups in total. The number of hydrogen-bond acceptors (Lipinski definition) is 5. The summed E-state index contributed by atoms with van der Waals surface area (Å²) < 4.78 is 39.4. The van der Waals surface area contributed by atoms with Crippen LogP contribution in [0.4, 0.5) is 23.0 Å². The molecule has 1 aliphatic heterocycles. The summed E-state index contributed by atoms with van der Waals surface area (Å²) in [5.74, 6) is -0.626. The summed E-state index contributed by atoms with van der Waals surface area (Å²) >= 11 is 1.09. The van der Waals surface area contributed by atoms with E-state index in [9.17, 15) is 22.8 Å². The van der Waals surface area contributed by atoms with E-state index >= 15 is 0 Å². The monoisotopic (exact) mass is 442 g/mol. The number of carbonyl (C=O) groups is 2. The molecule has 0 saturated carbocycles. The summed E-state index contributed by atoms with van der Waals surface area (Å²) in [5, 5.41) is 14.4. The molecule has 1 fully saturated rings. The molecule has 2 heterocycles. The van der Waals surface area contributed by atoms with Crippen molar-refractivity contribution in [2.45, 2.75) is 31.5 Å². The summed E-state index contributed by atoms with van der Waals surface area (Å²) in [6.45, 7) is 1.37. The number of rotatable bonds is 5. The number of nitrogens with zero attached hydrogens (tertiary/aromatic N) is 2. The maximum Gasteiger partial charge on any atom is 0.416 e. The molecule has 1 aliphatic rings. The van der Waals surface area contributed by atoms with Crippen molar-refractivity contribution in [2.75, 3.05) is 25.5 Å². The first-order valence-electron chi connectivity index (χ1n) is 9.27. The predicted octanol–water partition coefficient (Wildman–Crippen LogP) is 3.99. The number of anilines is 1. The number of halogens is 3. The minimum Gasteiger partial charge on any atom is -0.465 e. The van der Waals surface area contributed by atoms with Gasteiger partial charge in [0, 0.05) is 12.5 Å². The molecule has 11 heteroatoms. The Hall–Kier alpha value is -2.66. The zero-order chi connectivity index (χ0) is 21.9. The molecule has 0 bridgehead atoms. The van der Waals surface area contributed by atoms with Gasteiger partial charge in [-0.1, -0.05) is 18.2 Å². The van der Waals surface area contributed by atoms with Gasteiger partial charge in [0.1, 0.15) is 5.00 Å². The maximum atomic E-state index is 13.1. The van der Waals surface area contributed by atoms with Crippen LogP contribution < -0.4 is 10.6 Å². The van der Waals surface area contributed by atoms with Gasteiger partial charge in [-0.2, -0.15) is 13.2 Å². The van der Waals surface area contributed by atoms with Gasteiger partial charge in [0.15, 0.2) is 5.69 Å². The van der Waals surface area contributed by atoms with Crippen LogP contribution in [0.1, 0.15) is 45.4 Å². The Kier molecular flexibility index (Phi) is 6.61. The lowest BCUT2D eigenvalue weighted by atomic mass is 9.98. The Labute approximate surface area is 174 Å². The van der Waals surface area contributed by atoms with E-state index in [0.717, 1.165) is 43.3 Å². The van der Waals surface area contributed by atoms with Gasteiger partial charge in [0.05, 0.1) is 10.6 Å². The maximum absolute atomic E-state index is 13.1.